The molecule has 0 aliphatic heterocycles. The van der Waals surface area contributed by atoms with Gasteiger partial charge in [0.05, 0.1) is 0 Å². The van der Waals surface area contributed by atoms with E-state index >= 15 is 0 Å². The molecule has 18 heavy (non-hydrogen) atoms. The Morgan fingerprint density at radius 1 is 0.889 bits per heavy atom. The second kappa shape index (κ2) is 7.19. The predicted molar refractivity (Wildman–Crippen MR) is 74.9 cm³/mol. The Hall–Kier alpha value is -1.31. The summed E-state index contributed by atoms with van der Waals surface area (Å²) in [6, 6.07) is 8.33. The molecule has 2 aliphatic rings. The van der Waals surface area contributed by atoms with Crippen LogP contribution in [0.3, 0.4) is 0 Å². The van der Waals surface area contributed by atoms with Crippen LogP contribution >= 0.6 is 0 Å². The minimum absolute atomic E-state index is 0.309. The summed E-state index contributed by atoms with van der Waals surface area (Å²) in [6.07, 6.45) is 19.2. The third-order valence-electron chi connectivity index (χ3n) is 2.82. The van der Waals surface area contributed by atoms with Gasteiger partial charge in [-0.3, -0.25) is 0 Å². The summed E-state index contributed by atoms with van der Waals surface area (Å²) in [5.74, 6) is 0. The number of fused-ring (bicyclic) bond motifs is 1. The van der Waals surface area contributed by atoms with Gasteiger partial charge in [-0.1, -0.05) is 36.5 Å². The van der Waals surface area contributed by atoms with Gasteiger partial charge in [0.25, 0.3) is 0 Å². The number of allylic oxidation sites excluding steroid dienone is 7. The SMILES string of the molecule is C1=C\C=C/CC\C=C/1.[Co][CH]1C=Cc2ccccc21. The molecule has 0 radical (unpaired) electrons. The van der Waals surface area contributed by atoms with Crippen LogP contribution in [0.4, 0.5) is 0 Å². The Kier molecular flexibility index (Phi) is 5.25. The molecule has 1 aromatic carbocycles. The molecule has 0 saturated carbocycles. The van der Waals surface area contributed by atoms with Gasteiger partial charge in [0.1, 0.15) is 0 Å². The summed E-state index contributed by atoms with van der Waals surface area (Å²) >= 11 is 4.43. The first kappa shape index (κ1) is 13.1. The molecule has 1 unspecified atom stereocenters. The second-order valence-corrected chi connectivity index (χ2v) is 4.83. The van der Waals surface area contributed by atoms with Gasteiger partial charge in [0, 0.05) is 0 Å². The van der Waals surface area contributed by atoms with E-state index in [1.165, 1.54) is 24.0 Å². The van der Waals surface area contributed by atoms with Crippen molar-refractivity contribution < 1.29 is 15.7 Å². The van der Waals surface area contributed by atoms with Gasteiger partial charge in [-0.15, -0.1) is 0 Å². The molecule has 94 valence electrons. The van der Waals surface area contributed by atoms with Crippen molar-refractivity contribution in [3.63, 3.8) is 0 Å². The molecule has 1 atom stereocenters. The van der Waals surface area contributed by atoms with E-state index in [9.17, 15) is 0 Å². The van der Waals surface area contributed by atoms with Gasteiger partial charge in [-0.2, -0.15) is 0 Å². The van der Waals surface area contributed by atoms with Crippen molar-refractivity contribution >= 4 is 6.08 Å². The van der Waals surface area contributed by atoms with E-state index in [4.69, 9.17) is 0 Å². The molecule has 0 heterocycles. The molecule has 1 aromatic rings. The fraction of sp³-hybridized carbons (Fsp3) is 0.176. The first-order chi connectivity index (χ1) is 8.88. The Morgan fingerprint density at radius 2 is 1.56 bits per heavy atom. The molecule has 0 spiro atoms. The number of rotatable bonds is 0. The molecule has 0 nitrogen and oxygen atoms in total. The molecular formula is C17H17Co. The zero-order valence-electron chi connectivity index (χ0n) is 10.3. The Balaban J connectivity index is 0.000000138. The first-order valence-corrected chi connectivity index (χ1v) is 6.85. The number of benzene rings is 1. The van der Waals surface area contributed by atoms with Crippen LogP contribution < -0.4 is 0 Å². The zero-order chi connectivity index (χ0) is 12.6. The van der Waals surface area contributed by atoms with E-state index in [0.717, 1.165) is 0 Å². The van der Waals surface area contributed by atoms with E-state index in [2.05, 4.69) is 76.5 Å². The Labute approximate surface area is 117 Å². The summed E-state index contributed by atoms with van der Waals surface area (Å²) in [5, 5.41) is 0. The van der Waals surface area contributed by atoms with Crippen LogP contribution in [-0.2, 0) is 15.7 Å². The zero-order valence-corrected chi connectivity index (χ0v) is 11.3. The molecule has 0 saturated heterocycles. The average molecular weight is 280 g/mol. The maximum absolute atomic E-state index is 4.43. The fourth-order valence-corrected chi connectivity index (χ4v) is 2.23. The summed E-state index contributed by atoms with van der Waals surface area (Å²) < 4.78 is 0. The molecule has 0 fully saturated rings. The van der Waals surface area contributed by atoms with Gasteiger partial charge in [0.2, 0.25) is 0 Å². The van der Waals surface area contributed by atoms with Crippen LogP contribution in [-0.4, -0.2) is 0 Å². The van der Waals surface area contributed by atoms with Crippen molar-refractivity contribution in [1.82, 2.24) is 0 Å². The standard InChI is InChI=1S/C9H7.C8H10.Co/c1-2-5-9-7-3-6-8(9)4-1;1-2-4-6-8-7-5-3-1;/h1-7H;1-6H,7-8H2;/b;2-1-,5-3-,6-4-;. The number of hydrogen-bond acceptors (Lipinski definition) is 0. The summed E-state index contributed by atoms with van der Waals surface area (Å²) in [4.78, 5) is 0.309. The van der Waals surface area contributed by atoms with E-state index < -0.39 is 0 Å². The minimum atomic E-state index is 0.309. The van der Waals surface area contributed by atoms with E-state index in [1.807, 2.05) is 12.1 Å². The third kappa shape index (κ3) is 3.86. The van der Waals surface area contributed by atoms with Crippen molar-refractivity contribution in [3.05, 3.63) is 77.9 Å². The Bertz CT molecular complexity index is 476. The molecule has 0 bridgehead atoms. The van der Waals surface area contributed by atoms with Crippen molar-refractivity contribution in [2.75, 3.05) is 0 Å². The molecule has 1 heteroatoms. The number of hydrogen-bond donors (Lipinski definition) is 0. The van der Waals surface area contributed by atoms with Gasteiger partial charge < -0.3 is 0 Å². The van der Waals surface area contributed by atoms with Crippen molar-refractivity contribution in [3.8, 4) is 0 Å². The van der Waals surface area contributed by atoms with Crippen LogP contribution in [0, 0.1) is 0 Å². The predicted octanol–water partition coefficient (Wildman–Crippen LogP) is 4.75. The van der Waals surface area contributed by atoms with Gasteiger partial charge in [-0.25, -0.2) is 0 Å². The van der Waals surface area contributed by atoms with E-state index in [-0.39, 0.29) is 0 Å². The van der Waals surface area contributed by atoms with Crippen LogP contribution in [0.1, 0.15) is 28.8 Å². The van der Waals surface area contributed by atoms with Gasteiger partial charge in [-0.05, 0) is 12.8 Å². The van der Waals surface area contributed by atoms with Crippen molar-refractivity contribution in [1.29, 1.82) is 0 Å². The summed E-state index contributed by atoms with van der Waals surface area (Å²) in [6.45, 7) is 0. The quantitative estimate of drug-likeness (QED) is 0.643. The molecule has 3 rings (SSSR count). The van der Waals surface area contributed by atoms with Crippen LogP contribution in [0.5, 0.6) is 0 Å². The van der Waals surface area contributed by atoms with E-state index in [1.54, 1.807) is 0 Å². The molecular weight excluding hydrogens is 263 g/mol. The average Bonchev–Trinajstić information content (AvgIpc) is 2.72. The van der Waals surface area contributed by atoms with Crippen LogP contribution in [0.2, 0.25) is 0 Å². The summed E-state index contributed by atoms with van der Waals surface area (Å²) in [7, 11) is 0. The van der Waals surface area contributed by atoms with Crippen molar-refractivity contribution in [2.24, 2.45) is 0 Å². The summed E-state index contributed by atoms with van der Waals surface area (Å²) in [5.41, 5.74) is 2.63. The van der Waals surface area contributed by atoms with E-state index in [0.29, 0.717) is 4.85 Å². The van der Waals surface area contributed by atoms with Crippen LogP contribution in [0.25, 0.3) is 6.08 Å². The molecule has 0 amide bonds. The maximum atomic E-state index is 4.43. The third-order valence-corrected chi connectivity index (χ3v) is 3.35. The first-order valence-electron chi connectivity index (χ1n) is 6.25. The Morgan fingerprint density at radius 3 is 2.22 bits per heavy atom. The van der Waals surface area contributed by atoms with Crippen molar-refractivity contribution in [2.45, 2.75) is 17.7 Å². The molecule has 2 aliphatic carbocycles. The molecule has 0 aromatic heterocycles. The van der Waals surface area contributed by atoms with Gasteiger partial charge >= 0.3 is 68.1 Å². The fourth-order valence-electron chi connectivity index (χ4n) is 1.86. The topological polar surface area (TPSA) is 0 Å². The normalized spacial score (nSPS) is 25.1. The second-order valence-electron chi connectivity index (χ2n) is 4.18. The monoisotopic (exact) mass is 280 g/mol. The molecule has 0 N–H and O–H groups in total. The van der Waals surface area contributed by atoms with Crippen LogP contribution in [0.15, 0.2) is 66.8 Å². The van der Waals surface area contributed by atoms with Gasteiger partial charge in [0.15, 0.2) is 0 Å².